The molecule has 0 spiro atoms. The fraction of sp³-hybridized carbons (Fsp3) is 0.409. The summed E-state index contributed by atoms with van der Waals surface area (Å²) < 4.78 is 0. The van der Waals surface area contributed by atoms with E-state index in [0.29, 0.717) is 34.3 Å². The lowest BCUT2D eigenvalue weighted by Gasteiger charge is -2.34. The van der Waals surface area contributed by atoms with Crippen LogP contribution in [0.5, 0.6) is 0 Å². The van der Waals surface area contributed by atoms with Crippen LogP contribution in [-0.4, -0.2) is 59.3 Å². The molecule has 2 heterocycles. The number of halogens is 2. The summed E-state index contributed by atoms with van der Waals surface area (Å²) in [5, 5.41) is 0.951. The molecule has 2 aromatic rings. The molecule has 2 N–H and O–H groups in total. The van der Waals surface area contributed by atoms with Crippen LogP contribution in [0.25, 0.3) is 0 Å². The van der Waals surface area contributed by atoms with Crippen molar-refractivity contribution < 1.29 is 9.59 Å². The van der Waals surface area contributed by atoms with Crippen LogP contribution in [-0.2, 0) is 6.42 Å². The maximum atomic E-state index is 12.7. The molecular formula is C22H26Cl2N4O2. The maximum Gasteiger partial charge on any atom is 0.254 e. The molecule has 1 fully saturated rings. The Labute approximate surface area is 187 Å². The zero-order chi connectivity index (χ0) is 21.5. The van der Waals surface area contributed by atoms with E-state index < -0.39 is 5.91 Å². The first kappa shape index (κ1) is 22.5. The molecule has 1 aliphatic rings. The summed E-state index contributed by atoms with van der Waals surface area (Å²) in [6, 6.07) is 8.55. The minimum absolute atomic E-state index is 0.0195. The van der Waals surface area contributed by atoms with Gasteiger partial charge in [0, 0.05) is 53.7 Å². The number of hydrogen-bond acceptors (Lipinski definition) is 4. The van der Waals surface area contributed by atoms with Crippen LogP contribution in [0.1, 0.15) is 45.7 Å². The Bertz CT molecular complexity index is 861. The highest BCUT2D eigenvalue weighted by atomic mass is 35.5. The summed E-state index contributed by atoms with van der Waals surface area (Å²) in [7, 11) is 0. The third kappa shape index (κ3) is 6.42. The van der Waals surface area contributed by atoms with Gasteiger partial charge in [-0.3, -0.25) is 19.5 Å². The van der Waals surface area contributed by atoms with Crippen molar-refractivity contribution in [2.45, 2.75) is 25.7 Å². The molecule has 0 radical (unpaired) electrons. The van der Waals surface area contributed by atoms with Crippen molar-refractivity contribution in [2.24, 2.45) is 5.73 Å². The van der Waals surface area contributed by atoms with Crippen LogP contribution in [0.15, 0.2) is 36.5 Å². The van der Waals surface area contributed by atoms with Gasteiger partial charge in [-0.15, -0.1) is 0 Å². The zero-order valence-electron chi connectivity index (χ0n) is 16.8. The molecule has 1 saturated heterocycles. The monoisotopic (exact) mass is 448 g/mol. The summed E-state index contributed by atoms with van der Waals surface area (Å²) >= 11 is 12.0. The number of amides is 2. The number of hydrogen-bond donors (Lipinski definition) is 1. The molecule has 1 aromatic heterocycles. The van der Waals surface area contributed by atoms with Crippen molar-refractivity contribution in [3.8, 4) is 0 Å². The predicted molar refractivity (Wildman–Crippen MR) is 119 cm³/mol. The van der Waals surface area contributed by atoms with Crippen LogP contribution in [0.2, 0.25) is 10.0 Å². The number of unbranched alkanes of at least 4 members (excludes halogenated alkanes) is 2. The number of nitrogens with two attached hydrogens (primary N) is 1. The van der Waals surface area contributed by atoms with Gasteiger partial charge in [-0.2, -0.15) is 0 Å². The van der Waals surface area contributed by atoms with E-state index in [1.807, 2.05) is 11.0 Å². The molecule has 0 bridgehead atoms. The molecule has 0 saturated carbocycles. The van der Waals surface area contributed by atoms with Crippen LogP contribution in [0.3, 0.4) is 0 Å². The standard InChI is InChI=1S/C22H26Cl2N4O2/c23-18-12-17(13-19(24)14-18)22(30)28-10-8-27(9-11-28)7-3-1-2-4-20-6-5-16(15-26-20)21(25)29/h5-6,12-15H,1-4,7-11H2,(H2,25,29). The first-order valence-corrected chi connectivity index (χ1v) is 10.9. The normalized spacial score (nSPS) is 14.7. The molecular weight excluding hydrogens is 423 g/mol. The summed E-state index contributed by atoms with van der Waals surface area (Å²) in [5.74, 6) is -0.471. The summed E-state index contributed by atoms with van der Waals surface area (Å²) in [6.07, 6.45) is 5.70. The van der Waals surface area contributed by atoms with E-state index in [0.717, 1.165) is 51.0 Å². The second-order valence-corrected chi connectivity index (χ2v) is 8.38. The van der Waals surface area contributed by atoms with Crippen molar-refractivity contribution in [3.05, 3.63) is 63.4 Å². The van der Waals surface area contributed by atoms with Gasteiger partial charge in [0.05, 0.1) is 5.56 Å². The van der Waals surface area contributed by atoms with E-state index >= 15 is 0 Å². The Morgan fingerprint density at radius 2 is 1.63 bits per heavy atom. The highest BCUT2D eigenvalue weighted by Crippen LogP contribution is 2.21. The Kier molecular flexibility index (Phi) is 8.08. The molecule has 30 heavy (non-hydrogen) atoms. The first-order valence-electron chi connectivity index (χ1n) is 10.1. The highest BCUT2D eigenvalue weighted by Gasteiger charge is 2.22. The van der Waals surface area contributed by atoms with E-state index in [2.05, 4.69) is 9.88 Å². The fourth-order valence-corrected chi connectivity index (χ4v) is 4.10. The molecule has 0 aliphatic carbocycles. The van der Waals surface area contributed by atoms with E-state index in [1.165, 1.54) is 6.20 Å². The van der Waals surface area contributed by atoms with E-state index in [-0.39, 0.29) is 5.91 Å². The zero-order valence-corrected chi connectivity index (χ0v) is 18.3. The smallest absolute Gasteiger partial charge is 0.254 e. The number of benzene rings is 1. The third-order valence-corrected chi connectivity index (χ3v) is 5.72. The van der Waals surface area contributed by atoms with Crippen molar-refractivity contribution in [3.63, 3.8) is 0 Å². The summed E-state index contributed by atoms with van der Waals surface area (Å²) in [5.41, 5.74) is 7.18. The average Bonchev–Trinajstić information content (AvgIpc) is 2.73. The number of rotatable bonds is 8. The highest BCUT2D eigenvalue weighted by molar-refractivity contribution is 6.35. The van der Waals surface area contributed by atoms with Crippen LogP contribution in [0, 0.1) is 0 Å². The van der Waals surface area contributed by atoms with E-state index in [1.54, 1.807) is 24.3 Å². The van der Waals surface area contributed by atoms with Gasteiger partial charge in [0.1, 0.15) is 0 Å². The number of piperazine rings is 1. The fourth-order valence-electron chi connectivity index (χ4n) is 3.57. The second kappa shape index (κ2) is 10.8. The van der Waals surface area contributed by atoms with Gasteiger partial charge in [0.25, 0.3) is 5.91 Å². The van der Waals surface area contributed by atoms with Gasteiger partial charge >= 0.3 is 0 Å². The number of carbonyl (C=O) groups excluding carboxylic acids is 2. The maximum absolute atomic E-state index is 12.7. The van der Waals surface area contributed by atoms with Crippen molar-refractivity contribution in [2.75, 3.05) is 32.7 Å². The molecule has 2 amide bonds. The predicted octanol–water partition coefficient (Wildman–Crippen LogP) is 3.66. The molecule has 0 unspecified atom stereocenters. The van der Waals surface area contributed by atoms with Crippen LogP contribution in [0.4, 0.5) is 0 Å². The van der Waals surface area contributed by atoms with Crippen molar-refractivity contribution >= 4 is 35.0 Å². The number of aryl methyl sites for hydroxylation is 1. The third-order valence-electron chi connectivity index (χ3n) is 5.29. The lowest BCUT2D eigenvalue weighted by molar-refractivity contribution is 0.0635. The molecule has 1 aromatic carbocycles. The second-order valence-electron chi connectivity index (χ2n) is 7.51. The Balaban J connectivity index is 1.34. The van der Waals surface area contributed by atoms with Gasteiger partial charge in [-0.05, 0) is 56.1 Å². The number of aromatic nitrogens is 1. The molecule has 3 rings (SSSR count). The quantitative estimate of drug-likeness (QED) is 0.624. The lowest BCUT2D eigenvalue weighted by atomic mass is 10.1. The van der Waals surface area contributed by atoms with E-state index in [4.69, 9.17) is 28.9 Å². The van der Waals surface area contributed by atoms with Gasteiger partial charge in [0.2, 0.25) is 5.91 Å². The molecule has 6 nitrogen and oxygen atoms in total. The van der Waals surface area contributed by atoms with Gasteiger partial charge in [-0.1, -0.05) is 29.6 Å². The average molecular weight is 449 g/mol. The first-order chi connectivity index (χ1) is 14.4. The van der Waals surface area contributed by atoms with Crippen molar-refractivity contribution in [1.82, 2.24) is 14.8 Å². The van der Waals surface area contributed by atoms with Crippen LogP contribution >= 0.6 is 23.2 Å². The van der Waals surface area contributed by atoms with Crippen molar-refractivity contribution in [1.29, 1.82) is 0 Å². The number of pyridine rings is 1. The number of primary amides is 1. The van der Waals surface area contributed by atoms with Gasteiger partial charge in [0.15, 0.2) is 0 Å². The largest absolute Gasteiger partial charge is 0.366 e. The Hall–Kier alpha value is -2.15. The molecule has 0 atom stereocenters. The van der Waals surface area contributed by atoms with E-state index in [9.17, 15) is 9.59 Å². The lowest BCUT2D eigenvalue weighted by Crippen LogP contribution is -2.48. The molecule has 8 heteroatoms. The Morgan fingerprint density at radius 1 is 0.933 bits per heavy atom. The number of carbonyl (C=O) groups is 2. The summed E-state index contributed by atoms with van der Waals surface area (Å²) in [6.45, 7) is 4.18. The molecule has 1 aliphatic heterocycles. The van der Waals surface area contributed by atoms with Crippen LogP contribution < -0.4 is 5.73 Å². The number of nitrogens with zero attached hydrogens (tertiary/aromatic N) is 3. The summed E-state index contributed by atoms with van der Waals surface area (Å²) in [4.78, 5) is 32.3. The Morgan fingerprint density at radius 3 is 2.23 bits per heavy atom. The SMILES string of the molecule is NC(=O)c1ccc(CCCCCN2CCN(C(=O)c3cc(Cl)cc(Cl)c3)CC2)nc1. The minimum atomic E-state index is -0.452. The molecule has 160 valence electrons. The topological polar surface area (TPSA) is 79.5 Å². The van der Waals surface area contributed by atoms with Gasteiger partial charge in [-0.25, -0.2) is 0 Å². The van der Waals surface area contributed by atoms with Gasteiger partial charge < -0.3 is 10.6 Å². The minimum Gasteiger partial charge on any atom is -0.366 e.